The van der Waals surface area contributed by atoms with E-state index < -0.39 is 0 Å². The summed E-state index contributed by atoms with van der Waals surface area (Å²) < 4.78 is 10.7. The summed E-state index contributed by atoms with van der Waals surface area (Å²) in [4.78, 5) is 14.7. The Bertz CT molecular complexity index is 828. The third-order valence-corrected chi connectivity index (χ3v) is 5.45. The van der Waals surface area contributed by atoms with Gasteiger partial charge in [-0.1, -0.05) is 19.9 Å². The summed E-state index contributed by atoms with van der Waals surface area (Å²) in [5.74, 6) is 1.37. The van der Waals surface area contributed by atoms with Crippen LogP contribution in [0, 0.1) is 0 Å². The summed E-state index contributed by atoms with van der Waals surface area (Å²) in [5.41, 5.74) is 2.79. The number of anilines is 2. The minimum Gasteiger partial charge on any atom is -0.493 e. The van der Waals surface area contributed by atoms with Crippen molar-refractivity contribution in [1.82, 2.24) is 5.32 Å². The summed E-state index contributed by atoms with van der Waals surface area (Å²) in [6.07, 6.45) is 2.50. The molecule has 0 spiro atoms. The Hall–Kier alpha value is -2.89. The van der Waals surface area contributed by atoms with Crippen LogP contribution in [0.5, 0.6) is 11.5 Å². The van der Waals surface area contributed by atoms with Crippen molar-refractivity contribution in [3.8, 4) is 11.5 Å². The number of benzene rings is 2. The summed E-state index contributed by atoms with van der Waals surface area (Å²) >= 11 is 0. The van der Waals surface area contributed by atoms with Crippen LogP contribution >= 0.6 is 0 Å². The molecule has 1 heterocycles. The molecule has 0 aliphatic carbocycles. The van der Waals surface area contributed by atoms with E-state index in [4.69, 9.17) is 9.47 Å². The van der Waals surface area contributed by atoms with Gasteiger partial charge in [0.05, 0.1) is 14.2 Å². The molecule has 2 aromatic rings. The molecule has 1 fully saturated rings. The molecule has 156 valence electrons. The van der Waals surface area contributed by atoms with Gasteiger partial charge < -0.3 is 25.0 Å². The molecule has 2 N–H and O–H groups in total. The quantitative estimate of drug-likeness (QED) is 0.727. The van der Waals surface area contributed by atoms with Crippen LogP contribution in [0.25, 0.3) is 0 Å². The van der Waals surface area contributed by atoms with Crippen molar-refractivity contribution < 1.29 is 14.3 Å². The first-order chi connectivity index (χ1) is 13.9. The van der Waals surface area contributed by atoms with Crippen molar-refractivity contribution in [2.24, 2.45) is 0 Å². The number of ether oxygens (including phenoxy) is 2. The fraction of sp³-hybridized carbons (Fsp3) is 0.435. The number of amides is 2. The van der Waals surface area contributed by atoms with Crippen LogP contribution in [0.1, 0.15) is 32.3 Å². The fourth-order valence-corrected chi connectivity index (χ4v) is 3.57. The van der Waals surface area contributed by atoms with Crippen LogP contribution < -0.4 is 25.0 Å². The lowest BCUT2D eigenvalue weighted by atomic mass is 9.84. The van der Waals surface area contributed by atoms with Gasteiger partial charge in [0.1, 0.15) is 0 Å². The predicted molar refractivity (Wildman–Crippen MR) is 117 cm³/mol. The lowest BCUT2D eigenvalue weighted by Gasteiger charge is -2.26. The van der Waals surface area contributed by atoms with Gasteiger partial charge in [0, 0.05) is 36.4 Å². The van der Waals surface area contributed by atoms with Gasteiger partial charge in [-0.3, -0.25) is 0 Å². The van der Waals surface area contributed by atoms with Gasteiger partial charge in [-0.15, -0.1) is 0 Å². The molecule has 29 heavy (non-hydrogen) atoms. The minimum atomic E-state index is -0.267. The number of hydrogen-bond acceptors (Lipinski definition) is 4. The SMILES string of the molecule is COc1ccc(C(C)(C)CNC(=O)Nc2ccc(N3CCCC3)cc2)cc1OC. The molecule has 1 saturated heterocycles. The van der Waals surface area contributed by atoms with Crippen LogP contribution in [0.2, 0.25) is 0 Å². The van der Waals surface area contributed by atoms with Crippen LogP contribution in [0.4, 0.5) is 16.2 Å². The Balaban J connectivity index is 1.56. The van der Waals surface area contributed by atoms with E-state index in [0.717, 1.165) is 24.3 Å². The zero-order valence-electron chi connectivity index (χ0n) is 17.7. The van der Waals surface area contributed by atoms with Gasteiger partial charge in [-0.2, -0.15) is 0 Å². The fourth-order valence-electron chi connectivity index (χ4n) is 3.57. The smallest absolute Gasteiger partial charge is 0.319 e. The largest absolute Gasteiger partial charge is 0.493 e. The second-order valence-electron chi connectivity index (χ2n) is 8.00. The monoisotopic (exact) mass is 397 g/mol. The first kappa shape index (κ1) is 20.8. The minimum absolute atomic E-state index is 0.215. The second-order valence-corrected chi connectivity index (χ2v) is 8.00. The number of carbonyl (C=O) groups is 1. The van der Waals surface area contributed by atoms with Gasteiger partial charge in [0.2, 0.25) is 0 Å². The van der Waals surface area contributed by atoms with Gasteiger partial charge in [-0.05, 0) is 54.8 Å². The highest BCUT2D eigenvalue weighted by molar-refractivity contribution is 5.89. The zero-order chi connectivity index (χ0) is 20.9. The molecule has 0 radical (unpaired) electrons. The summed E-state index contributed by atoms with van der Waals surface area (Å²) in [7, 11) is 3.24. The van der Waals surface area contributed by atoms with Crippen LogP contribution in [0.3, 0.4) is 0 Å². The standard InChI is InChI=1S/C23H31N3O3/c1-23(2,17-7-12-20(28-3)21(15-17)29-4)16-24-22(27)25-18-8-10-19(11-9-18)26-13-5-6-14-26/h7-12,15H,5-6,13-14,16H2,1-4H3,(H2,24,25,27). The van der Waals surface area contributed by atoms with Crippen molar-refractivity contribution in [3.05, 3.63) is 48.0 Å². The highest BCUT2D eigenvalue weighted by atomic mass is 16.5. The summed E-state index contributed by atoms with van der Waals surface area (Å²) in [6.45, 7) is 6.87. The summed E-state index contributed by atoms with van der Waals surface area (Å²) in [6, 6.07) is 13.7. The van der Waals surface area contributed by atoms with E-state index in [1.807, 2.05) is 30.3 Å². The molecule has 6 heteroatoms. The number of carbonyl (C=O) groups excluding carboxylic acids is 1. The highest BCUT2D eigenvalue weighted by Crippen LogP contribution is 2.33. The molecule has 2 amide bonds. The van der Waals surface area contributed by atoms with Crippen LogP contribution in [0.15, 0.2) is 42.5 Å². The van der Waals surface area contributed by atoms with E-state index >= 15 is 0 Å². The molecular formula is C23H31N3O3. The van der Waals surface area contributed by atoms with Crippen molar-refractivity contribution in [2.75, 3.05) is 44.1 Å². The van der Waals surface area contributed by atoms with E-state index in [2.05, 4.69) is 41.5 Å². The Labute approximate surface area is 173 Å². The topological polar surface area (TPSA) is 62.8 Å². The predicted octanol–water partition coefficient (Wildman–Crippen LogP) is 4.40. The van der Waals surface area contributed by atoms with Gasteiger partial charge in [-0.25, -0.2) is 4.79 Å². The Morgan fingerprint density at radius 2 is 1.66 bits per heavy atom. The highest BCUT2D eigenvalue weighted by Gasteiger charge is 2.23. The van der Waals surface area contributed by atoms with Gasteiger partial charge in [0.15, 0.2) is 11.5 Å². The van der Waals surface area contributed by atoms with E-state index in [1.54, 1.807) is 14.2 Å². The Morgan fingerprint density at radius 1 is 1.00 bits per heavy atom. The third kappa shape index (κ3) is 5.13. The van der Waals surface area contributed by atoms with Gasteiger partial charge in [0.25, 0.3) is 0 Å². The molecule has 0 aromatic heterocycles. The third-order valence-electron chi connectivity index (χ3n) is 5.45. The molecule has 0 atom stereocenters. The number of methoxy groups -OCH3 is 2. The number of urea groups is 1. The van der Waals surface area contributed by atoms with Crippen LogP contribution in [-0.2, 0) is 5.41 Å². The van der Waals surface area contributed by atoms with E-state index in [0.29, 0.717) is 18.0 Å². The van der Waals surface area contributed by atoms with Crippen molar-refractivity contribution in [1.29, 1.82) is 0 Å². The lowest BCUT2D eigenvalue weighted by Crippen LogP contribution is -2.39. The van der Waals surface area contributed by atoms with Crippen LogP contribution in [-0.4, -0.2) is 39.9 Å². The first-order valence-electron chi connectivity index (χ1n) is 10.1. The number of rotatable bonds is 7. The van der Waals surface area contributed by atoms with Crippen molar-refractivity contribution >= 4 is 17.4 Å². The molecule has 0 unspecified atom stereocenters. The molecule has 1 aliphatic rings. The maximum absolute atomic E-state index is 12.4. The normalized spacial score (nSPS) is 13.9. The Morgan fingerprint density at radius 3 is 2.28 bits per heavy atom. The van der Waals surface area contributed by atoms with Gasteiger partial charge >= 0.3 is 6.03 Å². The zero-order valence-corrected chi connectivity index (χ0v) is 17.7. The second kappa shape index (κ2) is 9.07. The van der Waals surface area contributed by atoms with Crippen molar-refractivity contribution in [3.63, 3.8) is 0 Å². The first-order valence-corrected chi connectivity index (χ1v) is 10.1. The average molecular weight is 398 g/mol. The van der Waals surface area contributed by atoms with Crippen molar-refractivity contribution in [2.45, 2.75) is 32.1 Å². The maximum Gasteiger partial charge on any atom is 0.319 e. The molecule has 0 saturated carbocycles. The molecule has 2 aromatic carbocycles. The van der Waals surface area contributed by atoms with E-state index in [9.17, 15) is 4.79 Å². The maximum atomic E-state index is 12.4. The molecule has 6 nitrogen and oxygen atoms in total. The molecule has 3 rings (SSSR count). The van der Waals surface area contributed by atoms with E-state index in [-0.39, 0.29) is 11.4 Å². The molecule has 0 bridgehead atoms. The average Bonchev–Trinajstić information content (AvgIpc) is 3.27. The van der Waals surface area contributed by atoms with E-state index in [1.165, 1.54) is 18.5 Å². The Kier molecular flexibility index (Phi) is 6.52. The summed E-state index contributed by atoms with van der Waals surface area (Å²) in [5, 5.41) is 5.88. The number of nitrogens with one attached hydrogen (secondary N) is 2. The molecular weight excluding hydrogens is 366 g/mol. The number of hydrogen-bond donors (Lipinski definition) is 2. The molecule has 1 aliphatic heterocycles. The number of nitrogens with zero attached hydrogens (tertiary/aromatic N) is 1. The lowest BCUT2D eigenvalue weighted by molar-refractivity contribution is 0.249.